The van der Waals surface area contributed by atoms with Gasteiger partial charge in [-0.05, 0) is 6.92 Å². The van der Waals surface area contributed by atoms with Crippen LogP contribution in [0.5, 0.6) is 0 Å². The maximum Gasteiger partial charge on any atom is 1.00 e. The normalized spacial score (nSPS) is 3.25. The van der Waals surface area contributed by atoms with Crippen molar-refractivity contribution in [1.29, 1.82) is 0 Å². The van der Waals surface area contributed by atoms with E-state index in [4.69, 9.17) is 0 Å². The third kappa shape index (κ3) is 9.62. The molecule has 0 saturated heterocycles. The van der Waals surface area contributed by atoms with E-state index in [-0.39, 0.29) is 59.6 Å². The molecule has 4 heavy (non-hydrogen) atoms. The number of hydrogen-bond donors (Lipinski definition) is 0. The smallest absolute Gasteiger partial charge is 1.00 e. The van der Waals surface area contributed by atoms with E-state index in [9.17, 15) is 0 Å². The van der Waals surface area contributed by atoms with Gasteiger partial charge in [-0.25, -0.2) is 0 Å². The molecule has 0 radical (unpaired) electrons. The summed E-state index contributed by atoms with van der Waals surface area (Å²) in [6.45, 7) is 5.25. The SMILES string of the molecule is C=CC.[H-].[Rb+]. The molecule has 0 aliphatic carbocycles. The summed E-state index contributed by atoms with van der Waals surface area (Å²) in [5.74, 6) is 0. The second-order valence-corrected chi connectivity index (χ2v) is 0.408. The van der Waals surface area contributed by atoms with Crippen LogP contribution < -0.4 is 58.2 Å². The molecule has 0 fully saturated rings. The fourth-order valence-electron chi connectivity index (χ4n) is 0. The molecule has 0 rings (SSSR count). The van der Waals surface area contributed by atoms with Gasteiger partial charge in [0, 0.05) is 0 Å². The summed E-state index contributed by atoms with van der Waals surface area (Å²) in [6.07, 6.45) is 1.75. The van der Waals surface area contributed by atoms with E-state index in [0.29, 0.717) is 0 Å². The molecule has 0 aromatic heterocycles. The Hall–Kier alpha value is 1.55. The molecule has 0 aliphatic rings. The predicted octanol–water partition coefficient (Wildman–Crippen LogP) is -1.69. The summed E-state index contributed by atoms with van der Waals surface area (Å²) < 4.78 is 0. The Kier molecular flexibility index (Phi) is 20.1. The Morgan fingerprint density at radius 1 is 2.00 bits per heavy atom. The standard InChI is InChI=1S/C3H6.Rb.H/c1-3-2;;/h3H,1H2,2H3;;/q;+1;-1. The zero-order valence-electron chi connectivity index (χ0n) is 4.28. The Morgan fingerprint density at radius 3 is 2.00 bits per heavy atom. The van der Waals surface area contributed by atoms with E-state index >= 15 is 0 Å². The second-order valence-electron chi connectivity index (χ2n) is 0.408. The van der Waals surface area contributed by atoms with Crippen molar-refractivity contribution < 1.29 is 59.6 Å². The van der Waals surface area contributed by atoms with Crippen LogP contribution in [-0.4, -0.2) is 0 Å². The molecule has 0 bridgehead atoms. The van der Waals surface area contributed by atoms with Crippen molar-refractivity contribution in [2.24, 2.45) is 0 Å². The summed E-state index contributed by atoms with van der Waals surface area (Å²) >= 11 is 0. The van der Waals surface area contributed by atoms with Crippen molar-refractivity contribution >= 4 is 0 Å². The van der Waals surface area contributed by atoms with E-state index in [1.165, 1.54) is 0 Å². The molecule has 20 valence electrons. The Morgan fingerprint density at radius 2 is 2.00 bits per heavy atom. The van der Waals surface area contributed by atoms with E-state index < -0.39 is 0 Å². The minimum atomic E-state index is 0. The third-order valence-corrected chi connectivity index (χ3v) is 0. The van der Waals surface area contributed by atoms with Gasteiger partial charge in [0.2, 0.25) is 0 Å². The topological polar surface area (TPSA) is 0 Å². The quantitative estimate of drug-likeness (QED) is 0.342. The van der Waals surface area contributed by atoms with E-state index in [1.807, 2.05) is 6.92 Å². The van der Waals surface area contributed by atoms with Crippen LogP contribution in [0.2, 0.25) is 0 Å². The van der Waals surface area contributed by atoms with Crippen molar-refractivity contribution in [2.75, 3.05) is 0 Å². The van der Waals surface area contributed by atoms with Crippen molar-refractivity contribution in [1.82, 2.24) is 0 Å². The van der Waals surface area contributed by atoms with Crippen LogP contribution >= 0.6 is 0 Å². The molecule has 0 unspecified atom stereocenters. The first-order valence-electron chi connectivity index (χ1n) is 0.986. The van der Waals surface area contributed by atoms with Gasteiger partial charge in [0.1, 0.15) is 0 Å². The molecule has 0 saturated carbocycles. The summed E-state index contributed by atoms with van der Waals surface area (Å²) in [6, 6.07) is 0. The predicted molar refractivity (Wildman–Crippen MR) is 17.0 cm³/mol. The Balaban J connectivity index is -0.0000000200. The monoisotopic (exact) mass is 128 g/mol. The molecule has 1 heteroatoms. The fourth-order valence-corrected chi connectivity index (χ4v) is 0. The van der Waals surface area contributed by atoms with Crippen LogP contribution in [0.3, 0.4) is 0 Å². The van der Waals surface area contributed by atoms with Crippen LogP contribution in [-0.2, 0) is 0 Å². The van der Waals surface area contributed by atoms with Gasteiger partial charge in [-0.1, -0.05) is 6.08 Å². The van der Waals surface area contributed by atoms with Crippen LogP contribution in [0.1, 0.15) is 8.35 Å². The fraction of sp³-hybridized carbons (Fsp3) is 0.333. The molecular formula is C3H7Rb. The first-order chi connectivity index (χ1) is 1.41. The van der Waals surface area contributed by atoms with E-state index in [1.54, 1.807) is 6.08 Å². The maximum atomic E-state index is 3.36. The van der Waals surface area contributed by atoms with Crippen LogP contribution in [0.4, 0.5) is 0 Å². The van der Waals surface area contributed by atoms with Gasteiger partial charge in [0.05, 0.1) is 0 Å². The van der Waals surface area contributed by atoms with Gasteiger partial charge in [0.25, 0.3) is 0 Å². The summed E-state index contributed by atoms with van der Waals surface area (Å²) in [7, 11) is 0. The van der Waals surface area contributed by atoms with E-state index in [2.05, 4.69) is 6.58 Å². The molecule has 0 N–H and O–H groups in total. The molecular weight excluding hydrogens is 122 g/mol. The molecule has 0 heterocycles. The summed E-state index contributed by atoms with van der Waals surface area (Å²) in [5.41, 5.74) is 0. The molecule has 0 atom stereocenters. The molecule has 0 aromatic carbocycles. The van der Waals surface area contributed by atoms with Crippen molar-refractivity contribution in [3.8, 4) is 0 Å². The first kappa shape index (κ1) is 9.11. The zero-order valence-corrected chi connectivity index (χ0v) is 8.20. The van der Waals surface area contributed by atoms with Gasteiger partial charge in [-0.3, -0.25) is 0 Å². The van der Waals surface area contributed by atoms with Crippen LogP contribution in [0.15, 0.2) is 12.7 Å². The van der Waals surface area contributed by atoms with Crippen molar-refractivity contribution in [3.63, 3.8) is 0 Å². The molecule has 0 spiro atoms. The van der Waals surface area contributed by atoms with Gasteiger partial charge in [-0.2, -0.15) is 0 Å². The van der Waals surface area contributed by atoms with Gasteiger partial charge in [-0.15, -0.1) is 6.58 Å². The number of hydrogen-bond acceptors (Lipinski definition) is 0. The third-order valence-electron chi connectivity index (χ3n) is 0. The largest absolute Gasteiger partial charge is 1.00 e. The van der Waals surface area contributed by atoms with Gasteiger partial charge >= 0.3 is 58.2 Å². The summed E-state index contributed by atoms with van der Waals surface area (Å²) in [5, 5.41) is 0. The minimum Gasteiger partial charge on any atom is -1.00 e. The van der Waals surface area contributed by atoms with E-state index in [0.717, 1.165) is 0 Å². The molecule has 0 aromatic rings. The molecule has 0 nitrogen and oxygen atoms in total. The van der Waals surface area contributed by atoms with Crippen molar-refractivity contribution in [2.45, 2.75) is 6.92 Å². The van der Waals surface area contributed by atoms with Crippen LogP contribution in [0, 0.1) is 0 Å². The average molecular weight is 129 g/mol. The number of allylic oxidation sites excluding steroid dienone is 1. The Bertz CT molecular complexity index is 14.4. The van der Waals surface area contributed by atoms with Gasteiger partial charge in [0.15, 0.2) is 0 Å². The zero-order chi connectivity index (χ0) is 2.71. The van der Waals surface area contributed by atoms with Gasteiger partial charge < -0.3 is 1.43 Å². The summed E-state index contributed by atoms with van der Waals surface area (Å²) in [4.78, 5) is 0. The second kappa shape index (κ2) is 8.82. The number of rotatable bonds is 0. The minimum absolute atomic E-state index is 0. The first-order valence-corrected chi connectivity index (χ1v) is 0.986. The maximum absolute atomic E-state index is 3.36. The molecule has 0 aliphatic heterocycles. The Labute approximate surface area is 77.6 Å². The average Bonchev–Trinajstić information content (AvgIpc) is 0.918. The van der Waals surface area contributed by atoms with Crippen molar-refractivity contribution in [3.05, 3.63) is 12.7 Å². The molecule has 0 amide bonds. The van der Waals surface area contributed by atoms with Crippen LogP contribution in [0.25, 0.3) is 0 Å².